The van der Waals surface area contributed by atoms with Crippen LogP contribution in [-0.2, 0) is 11.2 Å². The molecule has 0 aliphatic heterocycles. The van der Waals surface area contributed by atoms with Crippen molar-refractivity contribution in [3.63, 3.8) is 0 Å². The molecule has 0 aliphatic carbocycles. The quantitative estimate of drug-likeness (QED) is 0.788. The lowest BCUT2D eigenvalue weighted by molar-refractivity contribution is -0.120. The van der Waals surface area contributed by atoms with E-state index in [9.17, 15) is 15.0 Å². The molecule has 0 saturated carbocycles. The molecule has 0 fully saturated rings. The van der Waals surface area contributed by atoms with Crippen molar-refractivity contribution in [2.24, 2.45) is 0 Å². The lowest BCUT2D eigenvalue weighted by atomic mass is 10.1. The summed E-state index contributed by atoms with van der Waals surface area (Å²) in [6.07, 6.45) is -0.647. The van der Waals surface area contributed by atoms with Gasteiger partial charge in [0.2, 0.25) is 5.91 Å². The summed E-state index contributed by atoms with van der Waals surface area (Å²) in [4.78, 5) is 11.8. The van der Waals surface area contributed by atoms with Crippen molar-refractivity contribution < 1.29 is 15.0 Å². The average Bonchev–Trinajstić information content (AvgIpc) is 2.48. The molecule has 1 unspecified atom stereocenters. The molecule has 3 N–H and O–H groups in total. The van der Waals surface area contributed by atoms with Crippen molar-refractivity contribution in [3.05, 3.63) is 65.2 Å². The van der Waals surface area contributed by atoms with Crippen molar-refractivity contribution in [2.75, 3.05) is 6.54 Å². The number of carbonyl (C=O) groups is 1. The van der Waals surface area contributed by atoms with E-state index in [2.05, 4.69) is 5.32 Å². The van der Waals surface area contributed by atoms with E-state index in [0.29, 0.717) is 5.56 Å². The molecule has 0 spiro atoms. The Morgan fingerprint density at radius 2 is 1.81 bits per heavy atom. The Bertz CT molecular complexity index is 608. The third-order valence-corrected chi connectivity index (χ3v) is 3.30. The minimum Gasteiger partial charge on any atom is -0.508 e. The number of hydrogen-bond donors (Lipinski definition) is 3. The molecule has 0 aliphatic rings. The highest BCUT2D eigenvalue weighted by atomic mass is 16.3. The number of carbonyl (C=O) groups excluding carboxylic acids is 1. The van der Waals surface area contributed by atoms with Gasteiger partial charge in [-0.15, -0.1) is 0 Å². The van der Waals surface area contributed by atoms with Crippen LogP contribution in [0.2, 0.25) is 0 Å². The van der Waals surface area contributed by atoms with Crippen LogP contribution in [0.5, 0.6) is 5.75 Å². The molecular weight excluding hydrogens is 266 g/mol. The molecule has 0 heterocycles. The summed E-state index contributed by atoms with van der Waals surface area (Å²) in [6, 6.07) is 14.2. The molecule has 2 rings (SSSR count). The van der Waals surface area contributed by atoms with Gasteiger partial charge in [0.1, 0.15) is 5.75 Å². The van der Waals surface area contributed by atoms with Gasteiger partial charge in [-0.1, -0.05) is 48.0 Å². The number of phenolic OH excluding ortho intramolecular Hbond substituents is 1. The minimum absolute atomic E-state index is 0.0906. The van der Waals surface area contributed by atoms with Gasteiger partial charge in [-0.2, -0.15) is 0 Å². The molecule has 2 aromatic rings. The lowest BCUT2D eigenvalue weighted by Gasteiger charge is -2.13. The fraction of sp³-hybridized carbons (Fsp3) is 0.235. The van der Waals surface area contributed by atoms with Crippen LogP contribution in [0.1, 0.15) is 22.8 Å². The first-order chi connectivity index (χ1) is 10.1. The van der Waals surface area contributed by atoms with Gasteiger partial charge in [-0.3, -0.25) is 4.79 Å². The van der Waals surface area contributed by atoms with Crippen LogP contribution in [-0.4, -0.2) is 22.7 Å². The maximum atomic E-state index is 11.8. The summed E-state index contributed by atoms with van der Waals surface area (Å²) in [5, 5.41) is 22.3. The average molecular weight is 285 g/mol. The summed E-state index contributed by atoms with van der Waals surface area (Å²) in [7, 11) is 0. The Kier molecular flexibility index (Phi) is 4.95. The number of phenols is 1. The molecule has 0 saturated heterocycles. The van der Waals surface area contributed by atoms with Crippen molar-refractivity contribution >= 4 is 5.91 Å². The number of aromatic hydroxyl groups is 1. The molecule has 21 heavy (non-hydrogen) atoms. The first-order valence-electron chi connectivity index (χ1n) is 6.84. The van der Waals surface area contributed by atoms with Crippen LogP contribution in [0.3, 0.4) is 0 Å². The van der Waals surface area contributed by atoms with Gasteiger partial charge in [0.05, 0.1) is 12.5 Å². The van der Waals surface area contributed by atoms with E-state index in [1.54, 1.807) is 24.3 Å². The Hall–Kier alpha value is -2.33. The number of aliphatic hydroxyl groups is 1. The Morgan fingerprint density at radius 3 is 2.48 bits per heavy atom. The third-order valence-electron chi connectivity index (χ3n) is 3.30. The molecular formula is C17H19NO3. The van der Waals surface area contributed by atoms with Crippen LogP contribution in [0.15, 0.2) is 48.5 Å². The minimum atomic E-state index is -0.737. The zero-order chi connectivity index (χ0) is 15.2. The smallest absolute Gasteiger partial charge is 0.224 e. The fourth-order valence-corrected chi connectivity index (χ4v) is 2.01. The van der Waals surface area contributed by atoms with E-state index >= 15 is 0 Å². The molecule has 0 bridgehead atoms. The molecule has 4 heteroatoms. The number of aliphatic hydroxyl groups excluding tert-OH is 1. The monoisotopic (exact) mass is 285 g/mol. The predicted molar refractivity (Wildman–Crippen MR) is 81.0 cm³/mol. The fourth-order valence-electron chi connectivity index (χ4n) is 2.01. The van der Waals surface area contributed by atoms with E-state index in [-0.39, 0.29) is 24.6 Å². The first kappa shape index (κ1) is 15.1. The topological polar surface area (TPSA) is 69.6 Å². The Balaban J connectivity index is 1.86. The molecule has 1 amide bonds. The third kappa shape index (κ3) is 4.33. The van der Waals surface area contributed by atoms with Gasteiger partial charge >= 0.3 is 0 Å². The Morgan fingerprint density at radius 1 is 1.14 bits per heavy atom. The first-order valence-corrected chi connectivity index (χ1v) is 6.84. The van der Waals surface area contributed by atoms with Crippen molar-refractivity contribution in [1.29, 1.82) is 0 Å². The standard InChI is InChI=1S/C17H19NO3/c1-12-6-8-13(9-7-12)16(20)11-18-17(21)10-14-4-2-3-5-15(14)19/h2-9,16,19-20H,10-11H2,1H3,(H,18,21). The van der Waals surface area contributed by atoms with Gasteiger partial charge in [-0.25, -0.2) is 0 Å². The second-order valence-electron chi connectivity index (χ2n) is 5.04. The number of benzene rings is 2. The lowest BCUT2D eigenvalue weighted by Crippen LogP contribution is -2.29. The normalized spacial score (nSPS) is 11.9. The molecule has 0 aromatic heterocycles. The molecule has 1 atom stereocenters. The molecule has 4 nitrogen and oxygen atoms in total. The van der Waals surface area contributed by atoms with Crippen LogP contribution < -0.4 is 5.32 Å². The van der Waals surface area contributed by atoms with Crippen molar-refractivity contribution in [3.8, 4) is 5.75 Å². The summed E-state index contributed by atoms with van der Waals surface area (Å²) in [5.41, 5.74) is 2.46. The molecule has 0 radical (unpaired) electrons. The van der Waals surface area contributed by atoms with Crippen LogP contribution >= 0.6 is 0 Å². The van der Waals surface area contributed by atoms with Crippen LogP contribution in [0, 0.1) is 6.92 Å². The summed E-state index contributed by atoms with van der Waals surface area (Å²) in [5.74, 6) is -0.130. The summed E-state index contributed by atoms with van der Waals surface area (Å²) in [6.45, 7) is 2.12. The number of aryl methyl sites for hydroxylation is 1. The highest BCUT2D eigenvalue weighted by Crippen LogP contribution is 2.16. The number of hydrogen-bond acceptors (Lipinski definition) is 3. The second kappa shape index (κ2) is 6.90. The van der Waals surface area contributed by atoms with Crippen molar-refractivity contribution in [1.82, 2.24) is 5.32 Å². The number of nitrogens with one attached hydrogen (secondary N) is 1. The second-order valence-corrected chi connectivity index (χ2v) is 5.04. The summed E-state index contributed by atoms with van der Waals surface area (Å²) >= 11 is 0. The van der Waals surface area contributed by atoms with Gasteiger partial charge in [0.15, 0.2) is 0 Å². The van der Waals surface area contributed by atoms with Gasteiger partial charge < -0.3 is 15.5 Å². The van der Waals surface area contributed by atoms with Gasteiger partial charge in [0, 0.05) is 12.1 Å². The van der Waals surface area contributed by atoms with Gasteiger partial charge in [-0.05, 0) is 18.6 Å². The maximum Gasteiger partial charge on any atom is 0.224 e. The zero-order valence-corrected chi connectivity index (χ0v) is 11.9. The summed E-state index contributed by atoms with van der Waals surface area (Å²) < 4.78 is 0. The van der Waals surface area contributed by atoms with Crippen molar-refractivity contribution in [2.45, 2.75) is 19.4 Å². The molecule has 2 aromatic carbocycles. The maximum absolute atomic E-state index is 11.8. The van der Waals surface area contributed by atoms with E-state index in [4.69, 9.17) is 0 Å². The number of rotatable bonds is 5. The number of amides is 1. The van der Waals surface area contributed by atoms with E-state index in [1.807, 2.05) is 31.2 Å². The van der Waals surface area contributed by atoms with E-state index < -0.39 is 6.10 Å². The predicted octanol–water partition coefficient (Wildman–Crippen LogP) is 2.09. The van der Waals surface area contributed by atoms with E-state index in [1.165, 1.54) is 0 Å². The van der Waals surface area contributed by atoms with Crippen LogP contribution in [0.25, 0.3) is 0 Å². The number of para-hydroxylation sites is 1. The van der Waals surface area contributed by atoms with Gasteiger partial charge in [0.25, 0.3) is 0 Å². The highest BCUT2D eigenvalue weighted by molar-refractivity contribution is 5.79. The zero-order valence-electron chi connectivity index (χ0n) is 11.9. The highest BCUT2D eigenvalue weighted by Gasteiger charge is 2.11. The largest absolute Gasteiger partial charge is 0.508 e. The Labute approximate surface area is 124 Å². The van der Waals surface area contributed by atoms with Crippen LogP contribution in [0.4, 0.5) is 0 Å². The van der Waals surface area contributed by atoms with E-state index in [0.717, 1.165) is 11.1 Å². The molecule has 110 valence electrons. The SMILES string of the molecule is Cc1ccc(C(O)CNC(=O)Cc2ccccc2O)cc1.